The molecule has 5 rings (SSSR count). The highest BCUT2D eigenvalue weighted by Gasteiger charge is 2.60. The molecule has 0 amide bonds. The van der Waals surface area contributed by atoms with E-state index in [4.69, 9.17) is 14.2 Å². The fourth-order valence-corrected chi connectivity index (χ4v) is 5.30. The number of rotatable bonds is 1. The first-order valence-electron chi connectivity index (χ1n) is 8.27. The summed E-state index contributed by atoms with van der Waals surface area (Å²) < 4.78 is 16.8. The lowest BCUT2D eigenvalue weighted by Gasteiger charge is -2.51. The molecule has 124 valence electrons. The van der Waals surface area contributed by atoms with E-state index in [2.05, 4.69) is 4.90 Å². The summed E-state index contributed by atoms with van der Waals surface area (Å²) >= 11 is 0. The number of benzene rings is 1. The number of ether oxygens (including phenoxy) is 3. The molecule has 1 aliphatic carbocycles. The van der Waals surface area contributed by atoms with Gasteiger partial charge in [0.15, 0.2) is 11.5 Å². The van der Waals surface area contributed by atoms with E-state index in [-0.39, 0.29) is 12.8 Å². The molecule has 0 radical (unpaired) electrons. The Kier molecular flexibility index (Phi) is 2.73. The predicted molar refractivity (Wildman–Crippen MR) is 80.9 cm³/mol. The van der Waals surface area contributed by atoms with E-state index in [9.17, 15) is 10.2 Å². The number of hydrogen-bond acceptors (Lipinski definition) is 6. The Morgan fingerprint density at radius 3 is 3.00 bits per heavy atom. The summed E-state index contributed by atoms with van der Waals surface area (Å²) in [6.07, 6.45) is 0.991. The molecule has 2 fully saturated rings. The maximum atomic E-state index is 10.9. The third-order valence-electron chi connectivity index (χ3n) is 6.27. The lowest BCUT2D eigenvalue weighted by atomic mass is 9.61. The van der Waals surface area contributed by atoms with Crippen LogP contribution in [0, 0.1) is 0 Å². The van der Waals surface area contributed by atoms with Crippen LogP contribution in [0.15, 0.2) is 6.07 Å². The van der Waals surface area contributed by atoms with Crippen LogP contribution in [0.4, 0.5) is 0 Å². The number of fused-ring (bicyclic) bond motifs is 2. The zero-order valence-electron chi connectivity index (χ0n) is 13.1. The molecule has 6 heteroatoms. The van der Waals surface area contributed by atoms with Crippen molar-refractivity contribution in [1.29, 1.82) is 0 Å². The van der Waals surface area contributed by atoms with Gasteiger partial charge < -0.3 is 24.4 Å². The van der Waals surface area contributed by atoms with Gasteiger partial charge in [-0.3, -0.25) is 4.90 Å². The van der Waals surface area contributed by atoms with Crippen molar-refractivity contribution < 1.29 is 24.4 Å². The molecule has 5 atom stereocenters. The van der Waals surface area contributed by atoms with Gasteiger partial charge in [0.1, 0.15) is 0 Å². The number of methoxy groups -OCH3 is 1. The molecular weight excluding hydrogens is 298 g/mol. The molecule has 6 nitrogen and oxygen atoms in total. The standard InChI is InChI=1S/C17H21NO5/c1-21-14-9-7-18-5-4-17(13(18)3-2-11(19)16(17)20)10(9)6-12-15(14)23-8-22-12/h6,11,13,16,19-20H,2-5,7-8H2,1H3/t11-,13+,16+,17-/m0/s1. The van der Waals surface area contributed by atoms with Crippen molar-refractivity contribution in [1.82, 2.24) is 4.90 Å². The van der Waals surface area contributed by atoms with E-state index in [1.807, 2.05) is 6.07 Å². The Labute approximate surface area is 134 Å². The minimum atomic E-state index is -0.754. The zero-order valence-corrected chi connectivity index (χ0v) is 13.1. The Balaban J connectivity index is 1.77. The van der Waals surface area contributed by atoms with Crippen LogP contribution in [0.1, 0.15) is 30.4 Å². The second-order valence-electron chi connectivity index (χ2n) is 7.04. The maximum absolute atomic E-state index is 10.9. The molecule has 3 aliphatic heterocycles. The molecule has 3 heterocycles. The third-order valence-corrected chi connectivity index (χ3v) is 6.27. The first-order valence-corrected chi connectivity index (χ1v) is 8.27. The molecule has 1 unspecified atom stereocenters. The van der Waals surface area contributed by atoms with Gasteiger partial charge >= 0.3 is 0 Å². The van der Waals surface area contributed by atoms with Crippen LogP contribution >= 0.6 is 0 Å². The molecule has 2 bridgehead atoms. The van der Waals surface area contributed by atoms with E-state index >= 15 is 0 Å². The molecule has 23 heavy (non-hydrogen) atoms. The van der Waals surface area contributed by atoms with Gasteiger partial charge in [0.2, 0.25) is 12.5 Å². The van der Waals surface area contributed by atoms with Gasteiger partial charge in [-0.25, -0.2) is 0 Å². The normalized spacial score (nSPS) is 39.8. The molecule has 4 aliphatic rings. The highest BCUT2D eigenvalue weighted by Crippen LogP contribution is 2.58. The summed E-state index contributed by atoms with van der Waals surface area (Å²) in [6.45, 7) is 1.92. The number of aliphatic hydroxyl groups excluding tert-OH is 2. The maximum Gasteiger partial charge on any atom is 0.231 e. The van der Waals surface area contributed by atoms with Gasteiger partial charge in [-0.15, -0.1) is 0 Å². The Morgan fingerprint density at radius 2 is 2.17 bits per heavy atom. The van der Waals surface area contributed by atoms with Crippen molar-refractivity contribution in [3.63, 3.8) is 0 Å². The van der Waals surface area contributed by atoms with Crippen LogP contribution in [0.3, 0.4) is 0 Å². The minimum absolute atomic E-state index is 0.194. The minimum Gasteiger partial charge on any atom is -0.492 e. The molecule has 1 aromatic carbocycles. The van der Waals surface area contributed by atoms with Crippen LogP contribution in [-0.4, -0.2) is 53.8 Å². The SMILES string of the molecule is COc1c2c(cc3c1OCO3)[C@@]13CCN(C2)[C@@H]1CC[C@H](O)[C@H]3O. The highest BCUT2D eigenvalue weighted by molar-refractivity contribution is 5.63. The molecule has 1 aromatic rings. The number of aliphatic hydroxyl groups is 2. The fraction of sp³-hybridized carbons (Fsp3) is 0.647. The average Bonchev–Trinajstić information content (AvgIpc) is 3.12. The molecule has 1 saturated carbocycles. The van der Waals surface area contributed by atoms with Gasteiger partial charge in [-0.05, 0) is 37.4 Å². The number of hydrogen-bond donors (Lipinski definition) is 2. The lowest BCUT2D eigenvalue weighted by molar-refractivity contribution is -0.0811. The Morgan fingerprint density at radius 1 is 1.30 bits per heavy atom. The van der Waals surface area contributed by atoms with E-state index < -0.39 is 17.6 Å². The topological polar surface area (TPSA) is 71.4 Å². The molecular formula is C17H21NO5. The smallest absolute Gasteiger partial charge is 0.231 e. The zero-order chi connectivity index (χ0) is 15.8. The van der Waals surface area contributed by atoms with Gasteiger partial charge in [0.05, 0.1) is 19.3 Å². The van der Waals surface area contributed by atoms with E-state index in [0.29, 0.717) is 23.7 Å². The first-order chi connectivity index (χ1) is 11.2. The van der Waals surface area contributed by atoms with Crippen LogP contribution in [-0.2, 0) is 12.0 Å². The van der Waals surface area contributed by atoms with E-state index in [1.54, 1.807) is 7.11 Å². The van der Waals surface area contributed by atoms with Gasteiger partial charge in [0.25, 0.3) is 0 Å². The summed E-state index contributed by atoms with van der Waals surface area (Å²) in [5, 5.41) is 21.2. The molecule has 0 aromatic heterocycles. The third kappa shape index (κ3) is 1.54. The molecule has 0 spiro atoms. The lowest BCUT2D eigenvalue weighted by Crippen LogP contribution is -2.60. The second-order valence-corrected chi connectivity index (χ2v) is 7.04. The second kappa shape index (κ2) is 4.53. The van der Waals surface area contributed by atoms with Crippen molar-refractivity contribution in [3.8, 4) is 17.2 Å². The first kappa shape index (κ1) is 13.9. The van der Waals surface area contributed by atoms with Crippen molar-refractivity contribution >= 4 is 0 Å². The summed E-state index contributed by atoms with van der Waals surface area (Å²) in [5.41, 5.74) is 1.71. The summed E-state index contributed by atoms with van der Waals surface area (Å²) in [7, 11) is 1.64. The quantitative estimate of drug-likeness (QED) is 0.796. The van der Waals surface area contributed by atoms with Gasteiger partial charge in [-0.2, -0.15) is 0 Å². The molecule has 2 N–H and O–H groups in total. The largest absolute Gasteiger partial charge is 0.492 e. The van der Waals surface area contributed by atoms with E-state index in [0.717, 1.165) is 37.1 Å². The average molecular weight is 319 g/mol. The van der Waals surface area contributed by atoms with Crippen molar-refractivity contribution in [3.05, 3.63) is 17.2 Å². The monoisotopic (exact) mass is 319 g/mol. The Hall–Kier alpha value is -1.50. The highest BCUT2D eigenvalue weighted by atomic mass is 16.7. The fourth-order valence-electron chi connectivity index (χ4n) is 5.30. The van der Waals surface area contributed by atoms with Crippen LogP contribution < -0.4 is 14.2 Å². The number of nitrogens with zero attached hydrogens (tertiary/aromatic N) is 1. The summed E-state index contributed by atoms with van der Waals surface area (Å²) in [5.74, 6) is 2.06. The van der Waals surface area contributed by atoms with Gasteiger partial charge in [0, 0.05) is 23.6 Å². The van der Waals surface area contributed by atoms with Crippen molar-refractivity contribution in [2.75, 3.05) is 20.4 Å². The van der Waals surface area contributed by atoms with Gasteiger partial charge in [-0.1, -0.05) is 0 Å². The summed E-state index contributed by atoms with van der Waals surface area (Å²) in [6, 6.07) is 2.29. The van der Waals surface area contributed by atoms with E-state index in [1.165, 1.54) is 0 Å². The van der Waals surface area contributed by atoms with Crippen molar-refractivity contribution in [2.45, 2.75) is 49.5 Å². The van der Waals surface area contributed by atoms with Crippen LogP contribution in [0.25, 0.3) is 0 Å². The predicted octanol–water partition coefficient (Wildman–Crippen LogP) is 0.765. The van der Waals surface area contributed by atoms with Crippen LogP contribution in [0.2, 0.25) is 0 Å². The van der Waals surface area contributed by atoms with Crippen LogP contribution in [0.5, 0.6) is 17.2 Å². The van der Waals surface area contributed by atoms with Crippen molar-refractivity contribution in [2.24, 2.45) is 0 Å². The molecule has 1 saturated heterocycles. The Bertz CT molecular complexity index is 677. The summed E-state index contributed by atoms with van der Waals surface area (Å²) in [4.78, 5) is 2.42.